The molecule has 0 bridgehead atoms. The van der Waals surface area contributed by atoms with Gasteiger partial charge in [0.15, 0.2) is 0 Å². The molecule has 1 aromatic heterocycles. The predicted molar refractivity (Wildman–Crippen MR) is 109 cm³/mol. The third kappa shape index (κ3) is 3.22. The monoisotopic (exact) mass is 390 g/mol. The number of carbonyl (C=O) groups excluding carboxylic acids is 1. The molecule has 0 aliphatic carbocycles. The van der Waals surface area contributed by atoms with E-state index in [4.69, 9.17) is 9.72 Å². The lowest BCUT2D eigenvalue weighted by molar-refractivity contribution is 0.0320. The average molecular weight is 390 g/mol. The lowest BCUT2D eigenvalue weighted by Crippen LogP contribution is -2.42. The van der Waals surface area contributed by atoms with E-state index in [1.54, 1.807) is 21.6 Å². The minimum atomic E-state index is -0.138. The van der Waals surface area contributed by atoms with Crippen LogP contribution in [0.5, 0.6) is 0 Å². The SMILES string of the molecule is O=C1c2ccccc2-n2c(nc3ccccc3c2=O)CN1CCN1CCOCC1. The van der Waals surface area contributed by atoms with E-state index in [-0.39, 0.29) is 11.5 Å². The molecule has 0 saturated carbocycles. The Bertz CT molecular complexity index is 1130. The second-order valence-corrected chi connectivity index (χ2v) is 7.38. The standard InChI is InChI=1S/C22H22N4O3/c27-21-17-6-2-4-8-19(17)26-20(23-18-7-3-1-5-16(18)22(26)28)15-25(21)10-9-24-11-13-29-14-12-24/h1-8H,9-15H2. The summed E-state index contributed by atoms with van der Waals surface area (Å²) in [5, 5.41) is 0.556. The summed E-state index contributed by atoms with van der Waals surface area (Å²) in [5.74, 6) is 0.525. The van der Waals surface area contributed by atoms with Crippen LogP contribution < -0.4 is 5.56 Å². The molecule has 2 aliphatic heterocycles. The van der Waals surface area contributed by atoms with Crippen molar-refractivity contribution in [3.8, 4) is 5.69 Å². The number of rotatable bonds is 3. The average Bonchev–Trinajstić information content (AvgIpc) is 2.88. The maximum Gasteiger partial charge on any atom is 0.266 e. The molecule has 0 atom stereocenters. The van der Waals surface area contributed by atoms with Crippen molar-refractivity contribution in [3.05, 3.63) is 70.3 Å². The summed E-state index contributed by atoms with van der Waals surface area (Å²) < 4.78 is 7.01. The number of morpholine rings is 1. The summed E-state index contributed by atoms with van der Waals surface area (Å²) in [6, 6.07) is 14.6. The van der Waals surface area contributed by atoms with E-state index < -0.39 is 0 Å². The first-order chi connectivity index (χ1) is 14.2. The Kier molecular flexibility index (Phi) is 4.61. The van der Waals surface area contributed by atoms with E-state index in [0.29, 0.717) is 41.1 Å². The molecule has 0 spiro atoms. The fourth-order valence-electron chi connectivity index (χ4n) is 4.06. The van der Waals surface area contributed by atoms with Gasteiger partial charge in [0.05, 0.1) is 41.9 Å². The number of para-hydroxylation sites is 2. The lowest BCUT2D eigenvalue weighted by atomic mass is 10.1. The molecule has 0 radical (unpaired) electrons. The molecule has 3 aromatic rings. The van der Waals surface area contributed by atoms with Crippen LogP contribution in [0, 0.1) is 0 Å². The Morgan fingerprint density at radius 3 is 2.55 bits per heavy atom. The van der Waals surface area contributed by atoms with Gasteiger partial charge >= 0.3 is 0 Å². The topological polar surface area (TPSA) is 67.7 Å². The molecule has 7 nitrogen and oxygen atoms in total. The zero-order valence-electron chi connectivity index (χ0n) is 16.1. The Morgan fingerprint density at radius 1 is 0.931 bits per heavy atom. The second kappa shape index (κ2) is 7.42. The van der Waals surface area contributed by atoms with Crippen molar-refractivity contribution in [3.63, 3.8) is 0 Å². The lowest BCUT2D eigenvalue weighted by Gasteiger charge is -2.29. The minimum Gasteiger partial charge on any atom is -0.379 e. The highest BCUT2D eigenvalue weighted by atomic mass is 16.5. The number of ether oxygens (including phenoxy) is 1. The number of benzene rings is 2. The van der Waals surface area contributed by atoms with Crippen LogP contribution in [-0.4, -0.2) is 64.7 Å². The number of carbonyl (C=O) groups is 1. The van der Waals surface area contributed by atoms with Crippen molar-refractivity contribution >= 4 is 16.8 Å². The van der Waals surface area contributed by atoms with Gasteiger partial charge in [-0.1, -0.05) is 24.3 Å². The van der Waals surface area contributed by atoms with Crippen LogP contribution in [0.1, 0.15) is 16.2 Å². The van der Waals surface area contributed by atoms with Crippen LogP contribution in [0.4, 0.5) is 0 Å². The Morgan fingerprint density at radius 2 is 1.69 bits per heavy atom. The molecule has 7 heteroatoms. The molecule has 2 aliphatic rings. The van der Waals surface area contributed by atoms with Crippen LogP contribution >= 0.6 is 0 Å². The number of hydrogen-bond acceptors (Lipinski definition) is 5. The van der Waals surface area contributed by atoms with E-state index in [1.165, 1.54) is 0 Å². The smallest absolute Gasteiger partial charge is 0.266 e. The van der Waals surface area contributed by atoms with Gasteiger partial charge in [-0.25, -0.2) is 4.98 Å². The molecule has 29 heavy (non-hydrogen) atoms. The van der Waals surface area contributed by atoms with Crippen LogP contribution in [0.3, 0.4) is 0 Å². The normalized spacial score (nSPS) is 17.1. The van der Waals surface area contributed by atoms with E-state index in [2.05, 4.69) is 4.90 Å². The second-order valence-electron chi connectivity index (χ2n) is 7.38. The molecule has 1 amide bonds. The summed E-state index contributed by atoms with van der Waals surface area (Å²) in [6.07, 6.45) is 0. The van der Waals surface area contributed by atoms with Gasteiger partial charge < -0.3 is 9.64 Å². The fraction of sp³-hybridized carbons (Fsp3) is 0.318. The highest BCUT2D eigenvalue weighted by Crippen LogP contribution is 2.23. The van der Waals surface area contributed by atoms with Crippen LogP contribution in [-0.2, 0) is 11.3 Å². The van der Waals surface area contributed by atoms with Crippen molar-refractivity contribution in [2.45, 2.75) is 6.54 Å². The maximum absolute atomic E-state index is 13.3. The fourth-order valence-corrected chi connectivity index (χ4v) is 4.06. The zero-order valence-corrected chi connectivity index (χ0v) is 16.1. The van der Waals surface area contributed by atoms with Gasteiger partial charge in [0.1, 0.15) is 5.82 Å². The van der Waals surface area contributed by atoms with Crippen LogP contribution in [0.25, 0.3) is 16.6 Å². The Labute approximate surface area is 168 Å². The molecule has 5 rings (SSSR count). The summed E-state index contributed by atoms with van der Waals surface area (Å²) in [5.41, 5.74) is 1.65. The molecule has 1 saturated heterocycles. The van der Waals surface area contributed by atoms with Crippen molar-refractivity contribution in [2.24, 2.45) is 0 Å². The number of aromatic nitrogens is 2. The van der Waals surface area contributed by atoms with Crippen molar-refractivity contribution in [2.75, 3.05) is 39.4 Å². The van der Waals surface area contributed by atoms with Gasteiger partial charge in [-0.3, -0.25) is 19.1 Å². The van der Waals surface area contributed by atoms with Crippen molar-refractivity contribution in [1.82, 2.24) is 19.4 Å². The molecule has 148 valence electrons. The minimum absolute atomic E-state index is 0.0668. The zero-order chi connectivity index (χ0) is 19.8. The third-order valence-corrected chi connectivity index (χ3v) is 5.63. The summed E-state index contributed by atoms with van der Waals surface area (Å²) in [4.78, 5) is 35.5. The Hall–Kier alpha value is -3.03. The van der Waals surface area contributed by atoms with Crippen LogP contribution in [0.15, 0.2) is 53.3 Å². The summed E-state index contributed by atoms with van der Waals surface area (Å²) in [7, 11) is 0. The predicted octanol–water partition coefficient (Wildman–Crippen LogP) is 1.67. The number of amides is 1. The summed E-state index contributed by atoms with van der Waals surface area (Å²) in [6.45, 7) is 4.85. The largest absolute Gasteiger partial charge is 0.379 e. The van der Waals surface area contributed by atoms with Gasteiger partial charge in [-0.05, 0) is 24.3 Å². The number of hydrogen-bond donors (Lipinski definition) is 0. The van der Waals surface area contributed by atoms with Gasteiger partial charge in [0.2, 0.25) is 0 Å². The molecule has 1 fully saturated rings. The molecule has 0 N–H and O–H groups in total. The molecular weight excluding hydrogens is 368 g/mol. The van der Waals surface area contributed by atoms with E-state index in [1.807, 2.05) is 36.4 Å². The van der Waals surface area contributed by atoms with Gasteiger partial charge in [-0.15, -0.1) is 0 Å². The van der Waals surface area contributed by atoms with Crippen molar-refractivity contribution in [1.29, 1.82) is 0 Å². The highest BCUT2D eigenvalue weighted by molar-refractivity contribution is 5.98. The molecular formula is C22H22N4O3. The van der Waals surface area contributed by atoms with Crippen LogP contribution in [0.2, 0.25) is 0 Å². The first-order valence-corrected chi connectivity index (χ1v) is 9.92. The third-order valence-electron chi connectivity index (χ3n) is 5.63. The van der Waals surface area contributed by atoms with E-state index in [0.717, 1.165) is 32.8 Å². The highest BCUT2D eigenvalue weighted by Gasteiger charge is 2.28. The number of nitrogens with zero attached hydrogens (tertiary/aromatic N) is 4. The number of fused-ring (bicyclic) bond motifs is 4. The van der Waals surface area contributed by atoms with Crippen molar-refractivity contribution < 1.29 is 9.53 Å². The van der Waals surface area contributed by atoms with Gasteiger partial charge in [0.25, 0.3) is 11.5 Å². The van der Waals surface area contributed by atoms with Gasteiger partial charge in [0, 0.05) is 26.2 Å². The summed E-state index contributed by atoms with van der Waals surface area (Å²) >= 11 is 0. The molecule has 2 aromatic carbocycles. The van der Waals surface area contributed by atoms with E-state index >= 15 is 0 Å². The molecule has 3 heterocycles. The maximum atomic E-state index is 13.3. The van der Waals surface area contributed by atoms with E-state index in [9.17, 15) is 9.59 Å². The first-order valence-electron chi connectivity index (χ1n) is 9.92. The molecule has 0 unspecified atom stereocenters. The first kappa shape index (κ1) is 18.0. The quantitative estimate of drug-likeness (QED) is 0.681. The van der Waals surface area contributed by atoms with Gasteiger partial charge in [-0.2, -0.15) is 0 Å². The Balaban J connectivity index is 1.59.